The van der Waals surface area contributed by atoms with E-state index in [-0.39, 0.29) is 25.7 Å². The lowest BCUT2D eigenvalue weighted by atomic mass is 9.92. The number of hydrogen-bond donors (Lipinski definition) is 4. The summed E-state index contributed by atoms with van der Waals surface area (Å²) in [4.78, 5) is 52.7. The third-order valence-electron chi connectivity index (χ3n) is 8.33. The summed E-state index contributed by atoms with van der Waals surface area (Å²) in [7, 11) is 0. The van der Waals surface area contributed by atoms with Gasteiger partial charge in [-0.15, -0.1) is 0 Å². The Bertz CT molecular complexity index is 1470. The Morgan fingerprint density at radius 3 is 0.755 bits per heavy atom. The van der Waals surface area contributed by atoms with E-state index in [1.807, 2.05) is 121 Å². The first-order chi connectivity index (χ1) is 25.5. The number of hydrogen-bond acceptors (Lipinski definition) is 12. The standard InChI is InChI=1S/C41H44O8S4/c42-37(21-33(50)29-13-5-1-6-14-29)46-25-41(26-47-38(43)22-34(51)30-15-7-2-8-16-30,27-48-39(44)23-35(52)31-17-9-3-10-18-31)28-49-40(45)24-36(53)32-19-11-4-12-20-32/h1-20,33-36,50-53H,21-28H2. The van der Waals surface area contributed by atoms with E-state index in [1.165, 1.54) is 0 Å². The van der Waals surface area contributed by atoms with E-state index in [4.69, 9.17) is 18.9 Å². The van der Waals surface area contributed by atoms with Crippen LogP contribution in [0, 0.1) is 5.41 Å². The van der Waals surface area contributed by atoms with Crippen LogP contribution in [-0.2, 0) is 38.1 Å². The Morgan fingerprint density at radius 2 is 0.566 bits per heavy atom. The van der Waals surface area contributed by atoms with E-state index in [2.05, 4.69) is 50.5 Å². The lowest BCUT2D eigenvalue weighted by molar-refractivity contribution is -0.170. The monoisotopic (exact) mass is 792 g/mol. The van der Waals surface area contributed by atoms with Crippen LogP contribution in [-0.4, -0.2) is 50.3 Å². The molecule has 0 aliphatic heterocycles. The van der Waals surface area contributed by atoms with Crippen molar-refractivity contribution in [2.45, 2.75) is 46.7 Å². The second-order valence-corrected chi connectivity index (χ2v) is 15.2. The van der Waals surface area contributed by atoms with Crippen molar-refractivity contribution in [2.24, 2.45) is 5.41 Å². The molecule has 0 saturated heterocycles. The summed E-state index contributed by atoms with van der Waals surface area (Å²) in [5.41, 5.74) is 1.85. The molecule has 0 aliphatic carbocycles. The molecule has 0 aromatic heterocycles. The van der Waals surface area contributed by atoms with Gasteiger partial charge >= 0.3 is 23.9 Å². The van der Waals surface area contributed by atoms with Crippen molar-refractivity contribution in [3.8, 4) is 0 Å². The number of benzene rings is 4. The molecule has 4 unspecified atom stereocenters. The Kier molecular flexibility index (Phi) is 17.2. The molecule has 0 heterocycles. The number of carbonyl (C=O) groups is 4. The predicted molar refractivity (Wildman–Crippen MR) is 217 cm³/mol. The maximum Gasteiger partial charge on any atom is 0.307 e. The van der Waals surface area contributed by atoms with Gasteiger partial charge in [-0.1, -0.05) is 121 Å². The number of rotatable bonds is 20. The van der Waals surface area contributed by atoms with E-state index in [9.17, 15) is 19.2 Å². The summed E-state index contributed by atoms with van der Waals surface area (Å²) in [5, 5.41) is -1.81. The molecule has 4 rings (SSSR count). The van der Waals surface area contributed by atoms with Crippen molar-refractivity contribution in [2.75, 3.05) is 26.4 Å². The minimum atomic E-state index is -1.47. The van der Waals surface area contributed by atoms with E-state index < -0.39 is 76.7 Å². The third-order valence-corrected chi connectivity index (χ3v) is 10.3. The summed E-state index contributed by atoms with van der Waals surface area (Å²) in [6.07, 6.45) is -0.287. The molecule has 4 aromatic rings. The van der Waals surface area contributed by atoms with Crippen LogP contribution in [0.15, 0.2) is 121 Å². The van der Waals surface area contributed by atoms with Crippen LogP contribution < -0.4 is 0 Å². The quantitative estimate of drug-likeness (QED) is 0.0402. The Morgan fingerprint density at radius 1 is 0.377 bits per heavy atom. The minimum absolute atomic E-state index is 0.0716. The first-order valence-corrected chi connectivity index (χ1v) is 19.1. The number of thiol groups is 4. The van der Waals surface area contributed by atoms with Gasteiger partial charge in [0.25, 0.3) is 0 Å². The zero-order valence-electron chi connectivity index (χ0n) is 29.1. The van der Waals surface area contributed by atoms with Gasteiger partial charge in [0.2, 0.25) is 0 Å². The van der Waals surface area contributed by atoms with Crippen LogP contribution in [0.25, 0.3) is 0 Å². The molecule has 280 valence electrons. The van der Waals surface area contributed by atoms with Crippen LogP contribution in [0.2, 0.25) is 0 Å². The lowest BCUT2D eigenvalue weighted by Crippen LogP contribution is -2.44. The largest absolute Gasteiger partial charge is 0.465 e. The summed E-state index contributed by atoms with van der Waals surface area (Å²) in [6, 6.07) is 37.1. The zero-order chi connectivity index (χ0) is 38.1. The fraction of sp³-hybridized carbons (Fsp3) is 0.317. The molecule has 0 spiro atoms. The van der Waals surface area contributed by atoms with Gasteiger partial charge in [0.05, 0.1) is 25.7 Å². The molecule has 0 fully saturated rings. The maximum absolute atomic E-state index is 13.2. The van der Waals surface area contributed by atoms with Gasteiger partial charge < -0.3 is 18.9 Å². The van der Waals surface area contributed by atoms with Gasteiger partial charge in [0.15, 0.2) is 0 Å². The van der Waals surface area contributed by atoms with Gasteiger partial charge in [-0.2, -0.15) is 50.5 Å². The number of carbonyl (C=O) groups excluding carboxylic acids is 4. The van der Waals surface area contributed by atoms with Gasteiger partial charge in [0, 0.05) is 21.0 Å². The maximum atomic E-state index is 13.2. The summed E-state index contributed by atoms with van der Waals surface area (Å²) >= 11 is 18.3. The van der Waals surface area contributed by atoms with Crippen LogP contribution in [0.1, 0.15) is 68.9 Å². The van der Waals surface area contributed by atoms with Gasteiger partial charge in [0.1, 0.15) is 31.8 Å². The minimum Gasteiger partial charge on any atom is -0.465 e. The average Bonchev–Trinajstić information content (AvgIpc) is 3.18. The first-order valence-electron chi connectivity index (χ1n) is 17.1. The molecule has 0 radical (unpaired) electrons. The Labute approximate surface area is 333 Å². The van der Waals surface area contributed by atoms with Gasteiger partial charge in [-0.05, 0) is 22.3 Å². The van der Waals surface area contributed by atoms with Crippen LogP contribution in [0.3, 0.4) is 0 Å². The zero-order valence-corrected chi connectivity index (χ0v) is 32.6. The molecule has 8 nitrogen and oxygen atoms in total. The van der Waals surface area contributed by atoms with E-state index >= 15 is 0 Å². The molecule has 0 amide bonds. The smallest absolute Gasteiger partial charge is 0.307 e. The highest BCUT2D eigenvalue weighted by Gasteiger charge is 2.38. The second-order valence-electron chi connectivity index (χ2n) is 12.7. The van der Waals surface area contributed by atoms with E-state index in [0.717, 1.165) is 22.3 Å². The van der Waals surface area contributed by atoms with Crippen LogP contribution in [0.4, 0.5) is 0 Å². The highest BCUT2D eigenvalue weighted by Crippen LogP contribution is 2.30. The molecule has 0 N–H and O–H groups in total. The second kappa shape index (κ2) is 21.8. The lowest BCUT2D eigenvalue weighted by Gasteiger charge is -2.32. The molecule has 53 heavy (non-hydrogen) atoms. The van der Waals surface area contributed by atoms with Crippen molar-refractivity contribution in [3.63, 3.8) is 0 Å². The average molecular weight is 793 g/mol. The predicted octanol–water partition coefficient (Wildman–Crippen LogP) is 8.39. The van der Waals surface area contributed by atoms with Crippen molar-refractivity contribution >= 4 is 74.4 Å². The molecule has 12 heteroatoms. The Hall–Kier alpha value is -3.84. The van der Waals surface area contributed by atoms with Crippen LogP contribution >= 0.6 is 50.5 Å². The normalized spacial score (nSPS) is 14.4. The SMILES string of the molecule is O=C(CC(S)c1ccccc1)OCC(COC(=O)CC(S)c1ccccc1)(COC(=O)CC(S)c1ccccc1)COC(=O)CC(S)c1ccccc1. The third kappa shape index (κ3) is 14.5. The molecule has 4 aromatic carbocycles. The van der Waals surface area contributed by atoms with E-state index in [0.29, 0.717) is 0 Å². The van der Waals surface area contributed by atoms with Crippen molar-refractivity contribution in [1.82, 2.24) is 0 Å². The molecule has 4 atom stereocenters. The Balaban J connectivity index is 1.52. The summed E-state index contributed by atoms with van der Waals surface area (Å²) in [6.45, 7) is -1.60. The fourth-order valence-electron chi connectivity index (χ4n) is 5.22. The summed E-state index contributed by atoms with van der Waals surface area (Å²) in [5.74, 6) is -2.39. The van der Waals surface area contributed by atoms with Crippen molar-refractivity contribution in [1.29, 1.82) is 0 Å². The van der Waals surface area contributed by atoms with Crippen LogP contribution in [0.5, 0.6) is 0 Å². The van der Waals surface area contributed by atoms with Crippen molar-refractivity contribution < 1.29 is 38.1 Å². The summed E-state index contributed by atoms with van der Waals surface area (Å²) < 4.78 is 23.0. The molecule has 0 bridgehead atoms. The molecule has 0 saturated carbocycles. The van der Waals surface area contributed by atoms with Crippen molar-refractivity contribution in [3.05, 3.63) is 144 Å². The number of esters is 4. The van der Waals surface area contributed by atoms with Gasteiger partial charge in [-0.3, -0.25) is 19.2 Å². The van der Waals surface area contributed by atoms with Gasteiger partial charge in [-0.25, -0.2) is 0 Å². The highest BCUT2D eigenvalue weighted by atomic mass is 32.1. The topological polar surface area (TPSA) is 105 Å². The first kappa shape index (κ1) is 41.9. The number of ether oxygens (including phenoxy) is 4. The highest BCUT2D eigenvalue weighted by molar-refractivity contribution is 7.81. The fourth-order valence-corrected chi connectivity index (χ4v) is 6.51. The van der Waals surface area contributed by atoms with E-state index in [1.54, 1.807) is 0 Å². The molecule has 0 aliphatic rings. The molecular weight excluding hydrogens is 749 g/mol. The molecular formula is C41H44O8S4.